The Bertz CT molecular complexity index is 933. The molecule has 0 aromatic heterocycles. The number of ketones is 1. The number of amides is 1. The maximum absolute atomic E-state index is 12.7. The van der Waals surface area contributed by atoms with E-state index in [4.69, 9.17) is 4.74 Å². The summed E-state index contributed by atoms with van der Waals surface area (Å²) in [5.74, 6) is -0.993. The first kappa shape index (κ1) is 18.9. The zero-order valence-corrected chi connectivity index (χ0v) is 16.3. The van der Waals surface area contributed by atoms with E-state index in [1.165, 1.54) is 4.90 Å². The molecule has 1 aliphatic heterocycles. The normalized spacial score (nSPS) is 18.6. The highest BCUT2D eigenvalue weighted by atomic mass is 79.9. The van der Waals surface area contributed by atoms with Gasteiger partial charge in [0.2, 0.25) is 0 Å². The van der Waals surface area contributed by atoms with Crippen molar-refractivity contribution < 1.29 is 19.4 Å². The lowest BCUT2D eigenvalue weighted by molar-refractivity contribution is -0.139. The van der Waals surface area contributed by atoms with Crippen molar-refractivity contribution in [1.82, 2.24) is 4.90 Å². The second-order valence-electron chi connectivity index (χ2n) is 6.02. The first-order valence-corrected chi connectivity index (χ1v) is 9.06. The lowest BCUT2D eigenvalue weighted by Crippen LogP contribution is -2.29. The fraction of sp³-hybridized carbons (Fsp3) is 0.143. The summed E-state index contributed by atoms with van der Waals surface area (Å²) in [4.78, 5) is 26.7. The Kier molecular flexibility index (Phi) is 5.46. The average Bonchev–Trinajstić information content (AvgIpc) is 2.93. The summed E-state index contributed by atoms with van der Waals surface area (Å²) in [6.45, 7) is 3.85. The summed E-state index contributed by atoms with van der Waals surface area (Å²) >= 11 is 3.34. The van der Waals surface area contributed by atoms with E-state index >= 15 is 0 Å². The fourth-order valence-corrected chi connectivity index (χ4v) is 3.39. The molecule has 1 N–H and O–H groups in total. The second-order valence-corrected chi connectivity index (χ2v) is 6.94. The van der Waals surface area contributed by atoms with Crippen LogP contribution in [0.5, 0.6) is 5.75 Å². The lowest BCUT2D eigenvalue weighted by Gasteiger charge is -2.24. The van der Waals surface area contributed by atoms with Gasteiger partial charge in [-0.25, -0.2) is 0 Å². The molecule has 1 aliphatic rings. The molecular weight excluding hydrogens is 410 g/mol. The van der Waals surface area contributed by atoms with Gasteiger partial charge in [-0.2, -0.15) is 0 Å². The van der Waals surface area contributed by atoms with Crippen LogP contribution < -0.4 is 4.74 Å². The average molecular weight is 428 g/mol. The summed E-state index contributed by atoms with van der Waals surface area (Å²) < 4.78 is 6.11. The summed E-state index contributed by atoms with van der Waals surface area (Å²) in [7, 11) is 1.54. The standard InChI is InChI=1S/C21H18BrNO4/c1-3-11-23-18(14-5-4-6-16(12-14)27-2)17(20(25)21(23)26)19(24)13-7-9-15(22)10-8-13/h3-10,12,18,24H,1,11H2,2H3/t18-/m0/s1. The predicted octanol–water partition coefficient (Wildman–Crippen LogP) is 4.07. The van der Waals surface area contributed by atoms with Crippen LogP contribution in [0.25, 0.3) is 5.76 Å². The van der Waals surface area contributed by atoms with Crippen LogP contribution in [-0.2, 0) is 9.59 Å². The molecule has 5 nitrogen and oxygen atoms in total. The Morgan fingerprint density at radius 2 is 1.96 bits per heavy atom. The number of methoxy groups -OCH3 is 1. The van der Waals surface area contributed by atoms with Gasteiger partial charge in [0.25, 0.3) is 11.7 Å². The van der Waals surface area contributed by atoms with E-state index in [-0.39, 0.29) is 17.9 Å². The molecule has 1 fully saturated rings. The monoisotopic (exact) mass is 427 g/mol. The van der Waals surface area contributed by atoms with Gasteiger partial charge in [0, 0.05) is 16.6 Å². The molecule has 2 aromatic carbocycles. The van der Waals surface area contributed by atoms with Crippen LogP contribution in [0.2, 0.25) is 0 Å². The summed E-state index contributed by atoms with van der Waals surface area (Å²) in [5, 5.41) is 10.9. The molecule has 1 amide bonds. The van der Waals surface area contributed by atoms with Gasteiger partial charge in [-0.1, -0.05) is 46.3 Å². The zero-order chi connectivity index (χ0) is 19.6. The molecule has 0 bridgehead atoms. The van der Waals surface area contributed by atoms with E-state index in [9.17, 15) is 14.7 Å². The van der Waals surface area contributed by atoms with Gasteiger partial charge in [0.1, 0.15) is 11.5 Å². The van der Waals surface area contributed by atoms with E-state index in [0.717, 1.165) is 4.47 Å². The van der Waals surface area contributed by atoms with Crippen LogP contribution >= 0.6 is 15.9 Å². The van der Waals surface area contributed by atoms with Gasteiger partial charge in [0.15, 0.2) is 0 Å². The van der Waals surface area contributed by atoms with Crippen LogP contribution in [0, 0.1) is 0 Å². The number of carbonyl (C=O) groups is 2. The lowest BCUT2D eigenvalue weighted by atomic mass is 9.95. The summed E-state index contributed by atoms with van der Waals surface area (Å²) in [6, 6.07) is 13.3. The third-order valence-corrected chi connectivity index (χ3v) is 4.92. The third-order valence-electron chi connectivity index (χ3n) is 4.39. The molecule has 2 aromatic rings. The number of likely N-dealkylation sites (tertiary alicyclic amines) is 1. The smallest absolute Gasteiger partial charge is 0.295 e. The minimum Gasteiger partial charge on any atom is -0.507 e. The number of rotatable bonds is 5. The fourth-order valence-electron chi connectivity index (χ4n) is 3.13. The van der Waals surface area contributed by atoms with Crippen LogP contribution in [0.15, 0.2) is 71.2 Å². The van der Waals surface area contributed by atoms with Crippen LogP contribution in [0.3, 0.4) is 0 Å². The van der Waals surface area contributed by atoms with Gasteiger partial charge in [-0.15, -0.1) is 6.58 Å². The topological polar surface area (TPSA) is 66.8 Å². The number of aliphatic hydroxyl groups excluding tert-OH is 1. The van der Waals surface area contributed by atoms with E-state index in [0.29, 0.717) is 16.9 Å². The van der Waals surface area contributed by atoms with Gasteiger partial charge in [0.05, 0.1) is 18.7 Å². The number of aliphatic hydroxyl groups is 1. The van der Waals surface area contributed by atoms with Crippen molar-refractivity contribution in [1.29, 1.82) is 0 Å². The molecule has 6 heteroatoms. The molecule has 1 heterocycles. The number of Topliss-reactive ketones (excluding diaryl/α,β-unsaturated/α-hetero) is 1. The number of hydrogen-bond donors (Lipinski definition) is 1. The number of carbonyl (C=O) groups excluding carboxylic acids is 2. The maximum atomic E-state index is 12.7. The van der Waals surface area contributed by atoms with Gasteiger partial charge in [-0.3, -0.25) is 9.59 Å². The van der Waals surface area contributed by atoms with Gasteiger partial charge < -0.3 is 14.7 Å². The SMILES string of the molecule is C=CCN1C(=O)C(=O)C(=C(O)c2ccc(Br)cc2)[C@@H]1c1cccc(OC)c1. The van der Waals surface area contributed by atoms with E-state index < -0.39 is 17.7 Å². The molecule has 0 aliphatic carbocycles. The Balaban J connectivity index is 2.20. The van der Waals surface area contributed by atoms with Crippen LogP contribution in [0.4, 0.5) is 0 Å². The van der Waals surface area contributed by atoms with Gasteiger partial charge >= 0.3 is 0 Å². The number of nitrogens with zero attached hydrogens (tertiary/aromatic N) is 1. The molecule has 138 valence electrons. The number of benzene rings is 2. The molecule has 1 atom stereocenters. The van der Waals surface area contributed by atoms with E-state index in [2.05, 4.69) is 22.5 Å². The summed E-state index contributed by atoms with van der Waals surface area (Å²) in [5.41, 5.74) is 1.19. The highest BCUT2D eigenvalue weighted by Gasteiger charge is 2.45. The van der Waals surface area contributed by atoms with Gasteiger partial charge in [-0.05, 0) is 29.8 Å². The van der Waals surface area contributed by atoms with Crippen molar-refractivity contribution in [2.24, 2.45) is 0 Å². The largest absolute Gasteiger partial charge is 0.507 e. The zero-order valence-electron chi connectivity index (χ0n) is 14.7. The summed E-state index contributed by atoms with van der Waals surface area (Å²) in [6.07, 6.45) is 1.55. The molecular formula is C21H18BrNO4. The third kappa shape index (κ3) is 3.53. The van der Waals surface area contributed by atoms with Crippen molar-refractivity contribution in [3.05, 3.63) is 82.4 Å². The van der Waals surface area contributed by atoms with Crippen molar-refractivity contribution in [3.8, 4) is 5.75 Å². The van der Waals surface area contributed by atoms with E-state index in [1.54, 1.807) is 61.7 Å². The Labute approximate surface area is 165 Å². The molecule has 0 radical (unpaired) electrons. The van der Waals surface area contributed by atoms with Crippen molar-refractivity contribution in [3.63, 3.8) is 0 Å². The number of hydrogen-bond acceptors (Lipinski definition) is 4. The van der Waals surface area contributed by atoms with Crippen molar-refractivity contribution in [2.45, 2.75) is 6.04 Å². The molecule has 0 unspecified atom stereocenters. The highest BCUT2D eigenvalue weighted by Crippen LogP contribution is 2.40. The van der Waals surface area contributed by atoms with Crippen molar-refractivity contribution >= 4 is 33.4 Å². The van der Waals surface area contributed by atoms with Crippen molar-refractivity contribution in [2.75, 3.05) is 13.7 Å². The maximum Gasteiger partial charge on any atom is 0.295 e. The minimum absolute atomic E-state index is 0.0532. The molecule has 0 spiro atoms. The molecule has 27 heavy (non-hydrogen) atoms. The molecule has 1 saturated heterocycles. The van der Waals surface area contributed by atoms with Crippen LogP contribution in [-0.4, -0.2) is 35.4 Å². The van der Waals surface area contributed by atoms with E-state index in [1.807, 2.05) is 0 Å². The molecule has 3 rings (SSSR count). The number of halogens is 1. The first-order chi connectivity index (χ1) is 13.0. The predicted molar refractivity (Wildman–Crippen MR) is 106 cm³/mol. The highest BCUT2D eigenvalue weighted by molar-refractivity contribution is 9.10. The minimum atomic E-state index is -0.721. The van der Waals surface area contributed by atoms with Crippen LogP contribution in [0.1, 0.15) is 17.2 Å². The second kappa shape index (κ2) is 7.80. The molecule has 0 saturated carbocycles. The first-order valence-electron chi connectivity index (χ1n) is 8.27. The Morgan fingerprint density at radius 1 is 1.26 bits per heavy atom. The Morgan fingerprint density at radius 3 is 2.59 bits per heavy atom. The Hall–Kier alpha value is -2.86. The quantitative estimate of drug-likeness (QED) is 0.338. The number of ether oxygens (including phenoxy) is 1.